The Morgan fingerprint density at radius 1 is 1.09 bits per heavy atom. The summed E-state index contributed by atoms with van der Waals surface area (Å²) < 4.78 is 32.3. The van der Waals surface area contributed by atoms with Crippen LogP contribution in [-0.4, -0.2) is 46.0 Å². The van der Waals surface area contributed by atoms with E-state index < -0.39 is 34.5 Å². The second-order valence-corrected chi connectivity index (χ2v) is 9.49. The molecule has 0 aliphatic carbocycles. The first-order valence-electron chi connectivity index (χ1n) is 10.9. The number of fused-ring (bicyclic) bond motifs is 1. The van der Waals surface area contributed by atoms with Crippen LogP contribution in [0.3, 0.4) is 0 Å². The lowest BCUT2D eigenvalue weighted by molar-refractivity contribution is -0.143. The van der Waals surface area contributed by atoms with E-state index in [4.69, 9.17) is 4.74 Å². The van der Waals surface area contributed by atoms with Crippen molar-refractivity contribution in [3.63, 3.8) is 0 Å². The van der Waals surface area contributed by atoms with Gasteiger partial charge in [-0.3, -0.25) is 14.4 Å². The van der Waals surface area contributed by atoms with Crippen molar-refractivity contribution in [2.75, 3.05) is 24.0 Å². The second kappa shape index (κ2) is 11.5. The van der Waals surface area contributed by atoms with Crippen molar-refractivity contribution < 1.29 is 27.5 Å². The zero-order valence-electron chi connectivity index (χ0n) is 18.8. The Bertz CT molecular complexity index is 1180. The minimum absolute atomic E-state index is 0.151. The molecule has 0 atom stereocenters. The second-order valence-electron chi connectivity index (χ2n) is 7.62. The number of nitrogens with zero attached hydrogens (tertiary/aromatic N) is 1. The molecule has 0 saturated heterocycles. The number of carbonyl (C=O) groups is 3. The van der Waals surface area contributed by atoms with Gasteiger partial charge in [-0.2, -0.15) is 0 Å². The number of hydrogen-bond acceptors (Lipinski definition) is 6. The van der Waals surface area contributed by atoms with Gasteiger partial charge in [0.25, 0.3) is 15.9 Å². The van der Waals surface area contributed by atoms with Gasteiger partial charge < -0.3 is 10.1 Å². The lowest BCUT2D eigenvalue weighted by atomic mass is 10.2. The number of carbonyl (C=O) groups excluding carboxylic acids is 3. The van der Waals surface area contributed by atoms with E-state index in [1.165, 1.54) is 22.5 Å². The number of urea groups is 1. The van der Waals surface area contributed by atoms with Crippen molar-refractivity contribution in [1.82, 2.24) is 10.6 Å². The summed E-state index contributed by atoms with van der Waals surface area (Å²) in [6, 6.07) is 12.9. The van der Waals surface area contributed by atoms with Gasteiger partial charge in [0.05, 0.1) is 10.6 Å². The van der Waals surface area contributed by atoms with Crippen LogP contribution < -0.4 is 14.9 Å². The SMILES string of the molecule is CCCCNC(=O)NC(=O)COC(=O)/C=C/c1ccc(S(=O)(=O)N2CCc3ccccc32)cc1. The van der Waals surface area contributed by atoms with Gasteiger partial charge in [-0.25, -0.2) is 18.0 Å². The average Bonchev–Trinajstić information content (AvgIpc) is 3.27. The van der Waals surface area contributed by atoms with Crippen molar-refractivity contribution in [1.29, 1.82) is 0 Å². The van der Waals surface area contributed by atoms with E-state index in [0.717, 1.165) is 24.5 Å². The third-order valence-electron chi connectivity index (χ3n) is 5.14. The van der Waals surface area contributed by atoms with Crippen LogP contribution in [0.2, 0.25) is 0 Å². The Hall–Kier alpha value is -3.66. The van der Waals surface area contributed by atoms with Gasteiger partial charge in [-0.1, -0.05) is 43.7 Å². The molecule has 0 fully saturated rings. The number of amides is 3. The fourth-order valence-electron chi connectivity index (χ4n) is 3.37. The Balaban J connectivity index is 1.51. The van der Waals surface area contributed by atoms with Crippen molar-refractivity contribution in [3.8, 4) is 0 Å². The molecule has 34 heavy (non-hydrogen) atoms. The van der Waals surface area contributed by atoms with Gasteiger partial charge in [0.1, 0.15) is 0 Å². The highest BCUT2D eigenvalue weighted by Crippen LogP contribution is 2.32. The van der Waals surface area contributed by atoms with E-state index in [0.29, 0.717) is 30.8 Å². The smallest absolute Gasteiger partial charge is 0.331 e. The van der Waals surface area contributed by atoms with Gasteiger partial charge in [0, 0.05) is 19.2 Å². The lowest BCUT2D eigenvalue weighted by Crippen LogP contribution is -2.41. The molecule has 0 aromatic heterocycles. The predicted molar refractivity (Wildman–Crippen MR) is 128 cm³/mol. The zero-order valence-corrected chi connectivity index (χ0v) is 19.6. The van der Waals surface area contributed by atoms with Gasteiger partial charge >= 0.3 is 12.0 Å². The molecular formula is C24H27N3O6S. The van der Waals surface area contributed by atoms with E-state index in [9.17, 15) is 22.8 Å². The number of anilines is 1. The van der Waals surface area contributed by atoms with Crippen molar-refractivity contribution >= 4 is 39.7 Å². The summed E-state index contributed by atoms with van der Waals surface area (Å²) in [6.07, 6.45) is 4.93. The maximum absolute atomic E-state index is 13.0. The standard InChI is InChI=1S/C24H27N3O6S/c1-2-3-15-25-24(30)26-22(28)17-33-23(29)13-10-18-8-11-20(12-9-18)34(31,32)27-16-14-19-6-4-5-7-21(19)27/h4-13H,2-3,14-17H2,1H3,(H2,25,26,28,30)/b13-10+. The van der Waals surface area contributed by atoms with Gasteiger partial charge in [-0.05, 0) is 48.2 Å². The molecule has 180 valence electrons. The average molecular weight is 486 g/mol. The summed E-state index contributed by atoms with van der Waals surface area (Å²) in [5.41, 5.74) is 2.27. The number of imide groups is 1. The molecule has 3 amide bonds. The summed E-state index contributed by atoms with van der Waals surface area (Å²) in [4.78, 5) is 35.1. The van der Waals surface area contributed by atoms with E-state index in [1.807, 2.05) is 25.1 Å². The normalized spacial score (nSPS) is 12.9. The summed E-state index contributed by atoms with van der Waals surface area (Å²) in [5.74, 6) is -1.51. The van der Waals surface area contributed by atoms with Crippen LogP contribution in [-0.2, 0) is 30.8 Å². The molecule has 2 aromatic rings. The fourth-order valence-corrected chi connectivity index (χ4v) is 4.87. The first-order chi connectivity index (χ1) is 16.3. The van der Waals surface area contributed by atoms with Crippen LogP contribution in [0.1, 0.15) is 30.9 Å². The number of esters is 1. The number of benzene rings is 2. The van der Waals surface area contributed by atoms with Crippen LogP contribution >= 0.6 is 0 Å². The maximum Gasteiger partial charge on any atom is 0.331 e. The zero-order chi connectivity index (χ0) is 24.6. The van der Waals surface area contributed by atoms with E-state index in [2.05, 4.69) is 10.6 Å². The third-order valence-corrected chi connectivity index (χ3v) is 6.97. The molecule has 0 unspecified atom stereocenters. The van der Waals surface area contributed by atoms with Gasteiger partial charge in [-0.15, -0.1) is 0 Å². The molecule has 0 saturated carbocycles. The molecule has 0 spiro atoms. The Labute approximate surface area is 198 Å². The number of rotatable bonds is 9. The first-order valence-corrected chi connectivity index (χ1v) is 12.4. The molecule has 3 rings (SSSR count). The number of hydrogen-bond donors (Lipinski definition) is 2. The lowest BCUT2D eigenvalue weighted by Gasteiger charge is -2.19. The number of ether oxygens (including phenoxy) is 1. The molecule has 1 aliphatic heterocycles. The fraction of sp³-hybridized carbons (Fsp3) is 0.292. The first kappa shape index (κ1) is 25.0. The summed E-state index contributed by atoms with van der Waals surface area (Å²) in [5, 5.41) is 4.58. The quantitative estimate of drug-likeness (QED) is 0.320. The minimum atomic E-state index is -3.70. The molecular weight excluding hydrogens is 458 g/mol. The Morgan fingerprint density at radius 3 is 2.56 bits per heavy atom. The van der Waals surface area contributed by atoms with Crippen LogP contribution in [0.25, 0.3) is 6.08 Å². The van der Waals surface area contributed by atoms with Crippen molar-refractivity contribution in [2.24, 2.45) is 0 Å². The highest BCUT2D eigenvalue weighted by Gasteiger charge is 2.30. The van der Waals surface area contributed by atoms with Crippen LogP contribution in [0, 0.1) is 0 Å². The van der Waals surface area contributed by atoms with Gasteiger partial charge in [0.15, 0.2) is 6.61 Å². The maximum atomic E-state index is 13.0. The van der Waals surface area contributed by atoms with Gasteiger partial charge in [0.2, 0.25) is 0 Å². The number of para-hydroxylation sites is 1. The highest BCUT2D eigenvalue weighted by molar-refractivity contribution is 7.92. The van der Waals surface area contributed by atoms with Crippen molar-refractivity contribution in [3.05, 3.63) is 65.7 Å². The molecule has 0 bridgehead atoms. The predicted octanol–water partition coefficient (Wildman–Crippen LogP) is 2.62. The topological polar surface area (TPSA) is 122 Å². The molecule has 9 nitrogen and oxygen atoms in total. The van der Waals surface area contributed by atoms with E-state index >= 15 is 0 Å². The molecule has 2 aromatic carbocycles. The molecule has 2 N–H and O–H groups in total. The number of sulfonamides is 1. The Kier molecular flexibility index (Phi) is 8.42. The molecule has 1 aliphatic rings. The Morgan fingerprint density at radius 2 is 1.82 bits per heavy atom. The monoisotopic (exact) mass is 485 g/mol. The summed E-state index contributed by atoms with van der Waals surface area (Å²) >= 11 is 0. The van der Waals surface area contributed by atoms with Crippen molar-refractivity contribution in [2.45, 2.75) is 31.1 Å². The largest absolute Gasteiger partial charge is 0.452 e. The summed E-state index contributed by atoms with van der Waals surface area (Å²) in [7, 11) is -3.70. The third kappa shape index (κ3) is 6.44. The van der Waals surface area contributed by atoms with E-state index in [-0.39, 0.29) is 4.90 Å². The molecule has 1 heterocycles. The number of unbranched alkanes of at least 4 members (excludes halogenated alkanes) is 1. The highest BCUT2D eigenvalue weighted by atomic mass is 32.2. The molecule has 10 heteroatoms. The van der Waals surface area contributed by atoms with E-state index in [1.54, 1.807) is 18.2 Å². The summed E-state index contributed by atoms with van der Waals surface area (Å²) in [6.45, 7) is 2.22. The van der Waals surface area contributed by atoms with Crippen LogP contribution in [0.4, 0.5) is 10.5 Å². The number of nitrogens with one attached hydrogen (secondary N) is 2. The van der Waals surface area contributed by atoms with Crippen LogP contribution in [0.5, 0.6) is 0 Å². The van der Waals surface area contributed by atoms with Crippen LogP contribution in [0.15, 0.2) is 59.5 Å². The molecule has 0 radical (unpaired) electrons. The minimum Gasteiger partial charge on any atom is -0.452 e.